The number of halogens is 1. The van der Waals surface area contributed by atoms with Crippen molar-refractivity contribution >= 4 is 21.9 Å². The van der Waals surface area contributed by atoms with Gasteiger partial charge in [-0.1, -0.05) is 22.5 Å². The highest BCUT2D eigenvalue weighted by atomic mass is 79.9. The van der Waals surface area contributed by atoms with Gasteiger partial charge in [0.1, 0.15) is 0 Å². The molecule has 1 aliphatic heterocycles. The van der Waals surface area contributed by atoms with Crippen molar-refractivity contribution in [1.82, 2.24) is 4.90 Å². The maximum atomic E-state index is 10.6. The largest absolute Gasteiger partial charge is 0.481 e. The summed E-state index contributed by atoms with van der Waals surface area (Å²) in [5.41, 5.74) is 0. The predicted molar refractivity (Wildman–Crippen MR) is 56.5 cm³/mol. The summed E-state index contributed by atoms with van der Waals surface area (Å²) < 4.78 is 6.11. The fraction of sp³-hybridized carbons (Fsp3) is 0.667. The third-order valence-electron chi connectivity index (χ3n) is 2.13. The predicted octanol–water partition coefficient (Wildman–Crippen LogP) is 1.07. The van der Waals surface area contributed by atoms with E-state index in [1.165, 1.54) is 0 Å². The molecule has 0 spiro atoms. The lowest BCUT2D eigenvalue weighted by atomic mass is 10.1. The molecule has 0 aromatic carbocycles. The Morgan fingerprint density at radius 2 is 2.43 bits per heavy atom. The zero-order valence-corrected chi connectivity index (χ0v) is 9.49. The van der Waals surface area contributed by atoms with E-state index in [0.29, 0.717) is 19.8 Å². The van der Waals surface area contributed by atoms with Crippen LogP contribution < -0.4 is 0 Å². The number of rotatable bonds is 4. The SMILES string of the molecule is C=C(Br)CN1CCOCC1CC(=O)O. The Hall–Kier alpha value is -0.390. The third-order valence-corrected chi connectivity index (χ3v) is 2.39. The molecule has 14 heavy (non-hydrogen) atoms. The number of carboxylic acid groups (broad SMARTS) is 1. The van der Waals surface area contributed by atoms with Crippen LogP contribution in [0.25, 0.3) is 0 Å². The molecule has 5 heteroatoms. The molecular weight excluding hydrogens is 250 g/mol. The van der Waals surface area contributed by atoms with E-state index in [9.17, 15) is 4.79 Å². The fourth-order valence-electron chi connectivity index (χ4n) is 1.51. The van der Waals surface area contributed by atoms with Crippen molar-refractivity contribution in [2.75, 3.05) is 26.3 Å². The summed E-state index contributed by atoms with van der Waals surface area (Å²) in [5.74, 6) is -0.786. The van der Waals surface area contributed by atoms with Gasteiger partial charge in [0.05, 0.1) is 19.6 Å². The van der Waals surface area contributed by atoms with E-state index in [2.05, 4.69) is 27.4 Å². The first-order valence-electron chi connectivity index (χ1n) is 4.46. The van der Waals surface area contributed by atoms with E-state index in [4.69, 9.17) is 9.84 Å². The Morgan fingerprint density at radius 1 is 1.71 bits per heavy atom. The number of carboxylic acids is 1. The molecule has 1 fully saturated rings. The lowest BCUT2D eigenvalue weighted by molar-refractivity contribution is -0.140. The summed E-state index contributed by atoms with van der Waals surface area (Å²) in [5, 5.41) is 8.70. The van der Waals surface area contributed by atoms with Crippen molar-refractivity contribution < 1.29 is 14.6 Å². The summed E-state index contributed by atoms with van der Waals surface area (Å²) in [7, 11) is 0. The van der Waals surface area contributed by atoms with Gasteiger partial charge in [-0.3, -0.25) is 9.69 Å². The van der Waals surface area contributed by atoms with Gasteiger partial charge in [-0.2, -0.15) is 0 Å². The van der Waals surface area contributed by atoms with Crippen molar-refractivity contribution in [1.29, 1.82) is 0 Å². The van der Waals surface area contributed by atoms with E-state index in [1.807, 2.05) is 0 Å². The van der Waals surface area contributed by atoms with E-state index in [1.54, 1.807) is 0 Å². The summed E-state index contributed by atoms with van der Waals surface area (Å²) in [6, 6.07) is -0.0319. The molecule has 80 valence electrons. The summed E-state index contributed by atoms with van der Waals surface area (Å²) in [4.78, 5) is 12.7. The van der Waals surface area contributed by atoms with Gasteiger partial charge < -0.3 is 9.84 Å². The maximum absolute atomic E-state index is 10.6. The number of nitrogens with zero attached hydrogens (tertiary/aromatic N) is 1. The Labute approximate surface area is 91.7 Å². The molecule has 0 amide bonds. The maximum Gasteiger partial charge on any atom is 0.305 e. The molecule has 1 atom stereocenters. The van der Waals surface area contributed by atoms with Crippen LogP contribution >= 0.6 is 15.9 Å². The minimum absolute atomic E-state index is 0.0319. The Morgan fingerprint density at radius 3 is 3.00 bits per heavy atom. The van der Waals surface area contributed by atoms with Crippen molar-refractivity contribution in [2.24, 2.45) is 0 Å². The number of hydrogen-bond acceptors (Lipinski definition) is 3. The van der Waals surface area contributed by atoms with E-state index >= 15 is 0 Å². The fourth-order valence-corrected chi connectivity index (χ4v) is 1.83. The highest BCUT2D eigenvalue weighted by molar-refractivity contribution is 9.11. The lowest BCUT2D eigenvalue weighted by Gasteiger charge is -2.34. The van der Waals surface area contributed by atoms with Crippen LogP contribution in [0.5, 0.6) is 0 Å². The average Bonchev–Trinajstić information content (AvgIpc) is 2.06. The second kappa shape index (κ2) is 5.48. The molecule has 0 aromatic heterocycles. The van der Waals surface area contributed by atoms with Crippen LogP contribution in [-0.4, -0.2) is 48.3 Å². The lowest BCUT2D eigenvalue weighted by Crippen LogP contribution is -2.46. The molecule has 1 unspecified atom stereocenters. The summed E-state index contributed by atoms with van der Waals surface area (Å²) in [6.07, 6.45) is 0.125. The first-order valence-corrected chi connectivity index (χ1v) is 5.25. The molecule has 1 saturated heterocycles. The van der Waals surface area contributed by atoms with Gasteiger partial charge in [0.25, 0.3) is 0 Å². The van der Waals surface area contributed by atoms with Gasteiger partial charge in [0.2, 0.25) is 0 Å². The quantitative estimate of drug-likeness (QED) is 0.825. The van der Waals surface area contributed by atoms with Crippen LogP contribution in [0, 0.1) is 0 Å². The van der Waals surface area contributed by atoms with Gasteiger partial charge in [-0.25, -0.2) is 0 Å². The van der Waals surface area contributed by atoms with E-state index in [0.717, 1.165) is 11.0 Å². The third kappa shape index (κ3) is 3.77. The van der Waals surface area contributed by atoms with Crippen LogP contribution in [0.15, 0.2) is 11.1 Å². The highest BCUT2D eigenvalue weighted by Crippen LogP contribution is 2.14. The smallest absolute Gasteiger partial charge is 0.305 e. The average molecular weight is 264 g/mol. The molecular formula is C9H14BrNO3. The molecule has 0 bridgehead atoms. The summed E-state index contributed by atoms with van der Waals surface area (Å²) in [6.45, 7) is 6.35. The number of hydrogen-bond donors (Lipinski definition) is 1. The molecule has 0 aliphatic carbocycles. The topological polar surface area (TPSA) is 49.8 Å². The molecule has 0 saturated carbocycles. The van der Waals surface area contributed by atoms with Crippen LogP contribution in [0.2, 0.25) is 0 Å². The van der Waals surface area contributed by atoms with Gasteiger partial charge in [0.15, 0.2) is 0 Å². The standard InChI is InChI=1S/C9H14BrNO3/c1-7(10)5-11-2-3-14-6-8(11)4-9(12)13/h8H,1-6H2,(H,12,13). The minimum atomic E-state index is -0.786. The summed E-state index contributed by atoms with van der Waals surface area (Å²) >= 11 is 3.28. The second-order valence-corrected chi connectivity index (χ2v) is 4.44. The number of aliphatic carboxylic acids is 1. The Bertz CT molecular complexity index is 208. The van der Waals surface area contributed by atoms with Gasteiger partial charge in [0, 0.05) is 23.6 Å². The molecule has 1 N–H and O–H groups in total. The van der Waals surface area contributed by atoms with Crippen LogP contribution in [-0.2, 0) is 9.53 Å². The van der Waals surface area contributed by atoms with Crippen LogP contribution in [0.3, 0.4) is 0 Å². The van der Waals surface area contributed by atoms with Gasteiger partial charge in [-0.15, -0.1) is 0 Å². The van der Waals surface area contributed by atoms with Crippen molar-refractivity contribution in [2.45, 2.75) is 12.5 Å². The first kappa shape index (κ1) is 11.7. The van der Waals surface area contributed by atoms with E-state index < -0.39 is 5.97 Å². The molecule has 0 aromatic rings. The monoisotopic (exact) mass is 263 g/mol. The normalized spacial score (nSPS) is 23.4. The number of ether oxygens (including phenoxy) is 1. The first-order chi connectivity index (χ1) is 6.59. The van der Waals surface area contributed by atoms with Crippen LogP contribution in [0.1, 0.15) is 6.42 Å². The van der Waals surface area contributed by atoms with Gasteiger partial charge in [-0.05, 0) is 0 Å². The van der Waals surface area contributed by atoms with Crippen molar-refractivity contribution in [3.63, 3.8) is 0 Å². The Balaban J connectivity index is 2.49. The molecule has 1 heterocycles. The highest BCUT2D eigenvalue weighted by Gasteiger charge is 2.24. The molecule has 4 nitrogen and oxygen atoms in total. The van der Waals surface area contributed by atoms with Gasteiger partial charge >= 0.3 is 5.97 Å². The zero-order chi connectivity index (χ0) is 10.6. The number of morpholine rings is 1. The van der Waals surface area contributed by atoms with Crippen molar-refractivity contribution in [3.8, 4) is 0 Å². The van der Waals surface area contributed by atoms with E-state index in [-0.39, 0.29) is 12.5 Å². The van der Waals surface area contributed by atoms with Crippen LogP contribution in [0.4, 0.5) is 0 Å². The zero-order valence-electron chi connectivity index (χ0n) is 7.91. The minimum Gasteiger partial charge on any atom is -0.481 e. The second-order valence-electron chi connectivity index (χ2n) is 3.31. The molecule has 1 rings (SSSR count). The molecule has 1 aliphatic rings. The number of carbonyl (C=O) groups is 1. The van der Waals surface area contributed by atoms with Crippen molar-refractivity contribution in [3.05, 3.63) is 11.1 Å². The molecule has 0 radical (unpaired) electrons. The Kier molecular flexibility index (Phi) is 4.57.